The largest absolute Gasteiger partial charge is 0.444 e. The monoisotopic (exact) mass is 304 g/mol. The molecule has 0 aromatic carbocycles. The number of carbonyl (C=O) groups excluding carboxylic acids is 1. The standard InChI is InChI=1S/C16H24N4O2/c1-16(2,3)22-15(21)19-9-11-7-8-20(12(11)10-19)14-6-4-5-13(17)18-14/h4-6,11-12H,7-10H2,1-3H3,(H2,17,18)/t11-,12+/m0/s1. The second-order valence-electron chi connectivity index (χ2n) is 7.12. The number of ether oxygens (including phenoxy) is 1. The molecule has 3 rings (SSSR count). The molecular weight excluding hydrogens is 280 g/mol. The van der Waals surface area contributed by atoms with E-state index in [-0.39, 0.29) is 6.09 Å². The average Bonchev–Trinajstić information content (AvgIpc) is 2.95. The summed E-state index contributed by atoms with van der Waals surface area (Å²) in [6.45, 7) is 8.10. The first-order chi connectivity index (χ1) is 10.3. The van der Waals surface area contributed by atoms with Crippen LogP contribution in [0.15, 0.2) is 18.2 Å². The molecule has 1 amide bonds. The molecule has 1 aromatic rings. The van der Waals surface area contributed by atoms with Crippen molar-refractivity contribution in [3.05, 3.63) is 18.2 Å². The van der Waals surface area contributed by atoms with Crippen LogP contribution in [0.4, 0.5) is 16.4 Å². The van der Waals surface area contributed by atoms with Gasteiger partial charge in [-0.3, -0.25) is 0 Å². The zero-order valence-corrected chi connectivity index (χ0v) is 13.5. The van der Waals surface area contributed by atoms with E-state index in [2.05, 4.69) is 9.88 Å². The zero-order chi connectivity index (χ0) is 15.9. The Morgan fingerprint density at radius 2 is 2.14 bits per heavy atom. The minimum absolute atomic E-state index is 0.220. The number of carbonyl (C=O) groups is 1. The Hall–Kier alpha value is -1.98. The summed E-state index contributed by atoms with van der Waals surface area (Å²) in [5.41, 5.74) is 5.33. The Balaban J connectivity index is 1.70. The fraction of sp³-hybridized carbons (Fsp3) is 0.625. The van der Waals surface area contributed by atoms with E-state index in [1.807, 2.05) is 37.8 Å². The third-order valence-electron chi connectivity index (χ3n) is 4.25. The van der Waals surface area contributed by atoms with Gasteiger partial charge in [0.1, 0.15) is 17.2 Å². The fourth-order valence-electron chi connectivity index (χ4n) is 3.32. The second-order valence-corrected chi connectivity index (χ2v) is 7.12. The Morgan fingerprint density at radius 3 is 2.82 bits per heavy atom. The van der Waals surface area contributed by atoms with Crippen molar-refractivity contribution in [1.29, 1.82) is 0 Å². The summed E-state index contributed by atoms with van der Waals surface area (Å²) >= 11 is 0. The number of anilines is 2. The molecule has 0 bridgehead atoms. The van der Waals surface area contributed by atoms with E-state index in [0.29, 0.717) is 24.3 Å². The molecule has 0 saturated carbocycles. The summed E-state index contributed by atoms with van der Waals surface area (Å²) in [6, 6.07) is 6.00. The highest BCUT2D eigenvalue weighted by Gasteiger charge is 2.44. The number of likely N-dealkylation sites (tertiary alicyclic amines) is 1. The summed E-state index contributed by atoms with van der Waals surface area (Å²) in [5.74, 6) is 1.91. The van der Waals surface area contributed by atoms with Crippen LogP contribution in [0.2, 0.25) is 0 Å². The number of aromatic nitrogens is 1. The number of amides is 1. The van der Waals surface area contributed by atoms with Crippen LogP contribution >= 0.6 is 0 Å². The maximum atomic E-state index is 12.2. The first kappa shape index (κ1) is 14.9. The predicted octanol–water partition coefficient (Wildman–Crippen LogP) is 2.11. The summed E-state index contributed by atoms with van der Waals surface area (Å²) in [7, 11) is 0. The zero-order valence-electron chi connectivity index (χ0n) is 13.5. The van der Waals surface area contributed by atoms with Crippen LogP contribution in [-0.4, -0.2) is 47.3 Å². The second kappa shape index (κ2) is 5.34. The number of nitrogen functional groups attached to an aromatic ring is 1. The smallest absolute Gasteiger partial charge is 0.410 e. The SMILES string of the molecule is CC(C)(C)OC(=O)N1C[C@@H]2CCN(c3cccc(N)n3)[C@@H]2C1. The van der Waals surface area contributed by atoms with Gasteiger partial charge in [0.05, 0.1) is 6.04 Å². The number of nitrogens with zero attached hydrogens (tertiary/aromatic N) is 3. The molecule has 2 N–H and O–H groups in total. The van der Waals surface area contributed by atoms with E-state index in [4.69, 9.17) is 10.5 Å². The summed E-state index contributed by atoms with van der Waals surface area (Å²) in [6.07, 6.45) is 0.850. The lowest BCUT2D eigenvalue weighted by Crippen LogP contribution is -2.39. The first-order valence-corrected chi connectivity index (χ1v) is 7.80. The molecule has 2 aliphatic rings. The van der Waals surface area contributed by atoms with Crippen LogP contribution in [0.25, 0.3) is 0 Å². The predicted molar refractivity (Wildman–Crippen MR) is 85.7 cm³/mol. The average molecular weight is 304 g/mol. The Bertz CT molecular complexity index is 570. The van der Waals surface area contributed by atoms with Gasteiger partial charge in [-0.2, -0.15) is 0 Å². The quantitative estimate of drug-likeness (QED) is 0.860. The summed E-state index contributed by atoms with van der Waals surface area (Å²) in [5, 5.41) is 0. The van der Waals surface area contributed by atoms with Crippen molar-refractivity contribution in [3.8, 4) is 0 Å². The summed E-state index contributed by atoms with van der Waals surface area (Å²) in [4.78, 5) is 20.7. The molecule has 2 aliphatic heterocycles. The molecule has 0 unspecified atom stereocenters. The van der Waals surface area contributed by atoms with Crippen LogP contribution in [-0.2, 0) is 4.74 Å². The molecule has 3 heterocycles. The van der Waals surface area contributed by atoms with Gasteiger partial charge < -0.3 is 20.3 Å². The van der Waals surface area contributed by atoms with E-state index >= 15 is 0 Å². The van der Waals surface area contributed by atoms with Crippen LogP contribution in [0.3, 0.4) is 0 Å². The molecule has 22 heavy (non-hydrogen) atoms. The molecule has 6 nitrogen and oxygen atoms in total. The molecule has 1 aromatic heterocycles. The third kappa shape index (κ3) is 2.96. The first-order valence-electron chi connectivity index (χ1n) is 7.80. The number of hydrogen-bond acceptors (Lipinski definition) is 5. The molecule has 6 heteroatoms. The highest BCUT2D eigenvalue weighted by Crippen LogP contribution is 2.35. The number of pyridine rings is 1. The van der Waals surface area contributed by atoms with Gasteiger partial charge in [0.15, 0.2) is 0 Å². The van der Waals surface area contributed by atoms with Gasteiger partial charge in [0.25, 0.3) is 0 Å². The summed E-state index contributed by atoms with van der Waals surface area (Å²) < 4.78 is 5.48. The highest BCUT2D eigenvalue weighted by molar-refractivity contribution is 5.69. The van der Waals surface area contributed by atoms with Crippen molar-refractivity contribution < 1.29 is 9.53 Å². The van der Waals surface area contributed by atoms with Gasteiger partial charge in [0.2, 0.25) is 0 Å². The van der Waals surface area contributed by atoms with E-state index < -0.39 is 5.60 Å². The molecule has 120 valence electrons. The molecular formula is C16H24N4O2. The lowest BCUT2D eigenvalue weighted by Gasteiger charge is -2.27. The van der Waals surface area contributed by atoms with E-state index in [9.17, 15) is 4.79 Å². The van der Waals surface area contributed by atoms with Crippen LogP contribution in [0, 0.1) is 5.92 Å². The Kier molecular flexibility index (Phi) is 3.62. The third-order valence-corrected chi connectivity index (χ3v) is 4.25. The van der Waals surface area contributed by atoms with E-state index in [1.165, 1.54) is 0 Å². The maximum Gasteiger partial charge on any atom is 0.410 e. The van der Waals surface area contributed by atoms with Crippen molar-refractivity contribution in [1.82, 2.24) is 9.88 Å². The molecule has 2 saturated heterocycles. The minimum Gasteiger partial charge on any atom is -0.444 e. The Morgan fingerprint density at radius 1 is 1.36 bits per heavy atom. The topological polar surface area (TPSA) is 71.7 Å². The highest BCUT2D eigenvalue weighted by atomic mass is 16.6. The van der Waals surface area contributed by atoms with Crippen molar-refractivity contribution >= 4 is 17.7 Å². The molecule has 0 aliphatic carbocycles. The van der Waals surface area contributed by atoms with E-state index in [0.717, 1.165) is 25.3 Å². The van der Waals surface area contributed by atoms with Crippen molar-refractivity contribution in [2.45, 2.75) is 38.8 Å². The fourth-order valence-corrected chi connectivity index (χ4v) is 3.32. The minimum atomic E-state index is -0.454. The van der Waals surface area contributed by atoms with E-state index in [1.54, 1.807) is 6.07 Å². The van der Waals surface area contributed by atoms with Gasteiger partial charge in [-0.15, -0.1) is 0 Å². The van der Waals surface area contributed by atoms with Gasteiger partial charge >= 0.3 is 6.09 Å². The van der Waals surface area contributed by atoms with Crippen molar-refractivity contribution in [3.63, 3.8) is 0 Å². The molecule has 0 radical (unpaired) electrons. The molecule has 2 fully saturated rings. The van der Waals surface area contributed by atoms with Gasteiger partial charge in [-0.05, 0) is 39.3 Å². The van der Waals surface area contributed by atoms with Gasteiger partial charge in [-0.25, -0.2) is 9.78 Å². The molecule has 0 spiro atoms. The van der Waals surface area contributed by atoms with Crippen LogP contribution in [0.5, 0.6) is 0 Å². The number of fused-ring (bicyclic) bond motifs is 1. The Labute approximate surface area is 131 Å². The van der Waals surface area contributed by atoms with Gasteiger partial charge in [-0.1, -0.05) is 6.07 Å². The number of nitrogens with two attached hydrogens (primary N) is 1. The lowest BCUT2D eigenvalue weighted by molar-refractivity contribution is 0.0284. The number of hydrogen-bond donors (Lipinski definition) is 1. The molecule has 2 atom stereocenters. The van der Waals surface area contributed by atoms with Crippen LogP contribution < -0.4 is 10.6 Å². The number of rotatable bonds is 1. The maximum absolute atomic E-state index is 12.2. The van der Waals surface area contributed by atoms with Crippen molar-refractivity contribution in [2.24, 2.45) is 5.92 Å². The van der Waals surface area contributed by atoms with Crippen molar-refractivity contribution in [2.75, 3.05) is 30.3 Å². The lowest BCUT2D eigenvalue weighted by atomic mass is 10.1. The van der Waals surface area contributed by atoms with Gasteiger partial charge in [0, 0.05) is 25.6 Å². The van der Waals surface area contributed by atoms with Crippen LogP contribution in [0.1, 0.15) is 27.2 Å². The normalized spacial score (nSPS) is 24.5.